The molecule has 4 aromatic rings. The number of anilines is 2. The van der Waals surface area contributed by atoms with Crippen LogP contribution >= 0.6 is 0 Å². The number of benzene rings is 3. The summed E-state index contributed by atoms with van der Waals surface area (Å²) >= 11 is 0. The van der Waals surface area contributed by atoms with Crippen LogP contribution in [-0.2, 0) is 11.8 Å². The molecule has 3 amide bonds. The predicted molar refractivity (Wildman–Crippen MR) is 142 cm³/mol. The molecule has 0 unspecified atom stereocenters. The van der Waals surface area contributed by atoms with Crippen LogP contribution in [0.2, 0.25) is 0 Å². The van der Waals surface area contributed by atoms with E-state index in [1.807, 2.05) is 43.3 Å². The van der Waals surface area contributed by atoms with Gasteiger partial charge in [0.05, 0.1) is 17.9 Å². The Balaban J connectivity index is 1.43. The Morgan fingerprint density at radius 1 is 0.784 bits per heavy atom. The highest BCUT2D eigenvalue weighted by molar-refractivity contribution is 6.06. The van der Waals surface area contributed by atoms with Gasteiger partial charge in [-0.2, -0.15) is 0 Å². The lowest BCUT2D eigenvalue weighted by Crippen LogP contribution is -2.32. The van der Waals surface area contributed by atoms with Gasteiger partial charge in [0.25, 0.3) is 17.4 Å². The molecule has 188 valence electrons. The molecular formula is C28H27N5O4. The third-order valence-corrected chi connectivity index (χ3v) is 5.89. The van der Waals surface area contributed by atoms with Crippen molar-refractivity contribution >= 4 is 29.1 Å². The maximum atomic E-state index is 13.1. The van der Waals surface area contributed by atoms with Gasteiger partial charge < -0.3 is 16.0 Å². The van der Waals surface area contributed by atoms with E-state index in [0.717, 1.165) is 5.56 Å². The van der Waals surface area contributed by atoms with Crippen LogP contribution in [0.15, 0.2) is 83.7 Å². The molecule has 37 heavy (non-hydrogen) atoms. The Morgan fingerprint density at radius 3 is 2.16 bits per heavy atom. The Labute approximate surface area is 213 Å². The van der Waals surface area contributed by atoms with Crippen molar-refractivity contribution in [3.05, 3.63) is 112 Å². The minimum Gasteiger partial charge on any atom is -0.343 e. The highest BCUT2D eigenvalue weighted by Crippen LogP contribution is 2.17. The molecule has 0 aliphatic heterocycles. The van der Waals surface area contributed by atoms with Gasteiger partial charge in [0, 0.05) is 23.9 Å². The molecule has 0 saturated carbocycles. The van der Waals surface area contributed by atoms with E-state index in [1.54, 1.807) is 55.1 Å². The number of aromatic nitrogens is 2. The summed E-state index contributed by atoms with van der Waals surface area (Å²) in [5.41, 5.74) is 3.14. The number of nitrogens with one attached hydrogen (secondary N) is 3. The van der Waals surface area contributed by atoms with E-state index in [1.165, 1.54) is 10.7 Å². The van der Waals surface area contributed by atoms with Crippen LogP contribution < -0.4 is 21.5 Å². The molecule has 0 aliphatic carbocycles. The summed E-state index contributed by atoms with van der Waals surface area (Å²) in [4.78, 5) is 50.7. The Morgan fingerprint density at radius 2 is 1.46 bits per heavy atom. The predicted octanol–water partition coefficient (Wildman–Crippen LogP) is 3.41. The lowest BCUT2D eigenvalue weighted by molar-refractivity contribution is -0.115. The molecule has 4 rings (SSSR count). The number of carbonyl (C=O) groups is 3. The minimum atomic E-state index is -0.491. The lowest BCUT2D eigenvalue weighted by Gasteiger charge is -2.09. The van der Waals surface area contributed by atoms with Crippen molar-refractivity contribution in [3.63, 3.8) is 0 Å². The van der Waals surface area contributed by atoms with E-state index >= 15 is 0 Å². The summed E-state index contributed by atoms with van der Waals surface area (Å²) in [7, 11) is 1.74. The van der Waals surface area contributed by atoms with Crippen molar-refractivity contribution < 1.29 is 14.4 Å². The van der Waals surface area contributed by atoms with Crippen LogP contribution in [0, 0.1) is 13.8 Å². The zero-order chi connectivity index (χ0) is 26.5. The third-order valence-electron chi connectivity index (χ3n) is 5.89. The number of para-hydroxylation sites is 1. The lowest BCUT2D eigenvalue weighted by atomic mass is 10.1. The highest BCUT2D eigenvalue weighted by Gasteiger charge is 2.19. The van der Waals surface area contributed by atoms with Gasteiger partial charge in [0.15, 0.2) is 0 Å². The molecule has 9 heteroatoms. The number of hydrogen-bond acceptors (Lipinski definition) is 4. The first-order valence-electron chi connectivity index (χ1n) is 11.6. The molecule has 0 spiro atoms. The van der Waals surface area contributed by atoms with Crippen LogP contribution in [0.25, 0.3) is 5.69 Å². The Bertz CT molecular complexity index is 1540. The molecule has 9 nitrogen and oxygen atoms in total. The van der Waals surface area contributed by atoms with Crippen molar-refractivity contribution in [2.24, 2.45) is 7.05 Å². The fourth-order valence-electron chi connectivity index (χ4n) is 3.89. The Hall–Kier alpha value is -4.92. The molecule has 1 aromatic heterocycles. The van der Waals surface area contributed by atoms with Crippen LogP contribution in [0.5, 0.6) is 0 Å². The van der Waals surface area contributed by atoms with Gasteiger partial charge in [-0.05, 0) is 56.3 Å². The van der Waals surface area contributed by atoms with Crippen LogP contribution in [0.1, 0.15) is 32.0 Å². The minimum absolute atomic E-state index is 0.171. The fourth-order valence-corrected chi connectivity index (χ4v) is 3.89. The SMILES string of the molecule is Cc1cccc(C(=O)NCC(=O)Nc2cccc(C(=O)Nc3c(C)n(C)n(-c4ccccc4)c3=O)c2)c1. The summed E-state index contributed by atoms with van der Waals surface area (Å²) in [6.45, 7) is 3.40. The molecule has 1 heterocycles. The zero-order valence-electron chi connectivity index (χ0n) is 20.7. The standard InChI is InChI=1S/C28H27N5O4/c1-18-9-7-10-20(15-18)26(35)29-17-24(34)30-22-12-8-11-21(16-22)27(36)31-25-19(2)32(3)33(28(25)37)23-13-5-4-6-14-23/h4-16H,17H2,1-3H3,(H,29,35)(H,30,34)(H,31,36). The maximum Gasteiger partial charge on any atom is 0.295 e. The molecule has 0 fully saturated rings. The second-order valence-electron chi connectivity index (χ2n) is 8.57. The van der Waals surface area contributed by atoms with Crippen molar-refractivity contribution in [2.45, 2.75) is 13.8 Å². The molecule has 3 N–H and O–H groups in total. The topological polar surface area (TPSA) is 114 Å². The number of amides is 3. The highest BCUT2D eigenvalue weighted by atomic mass is 16.2. The first-order valence-corrected chi connectivity index (χ1v) is 11.6. The third kappa shape index (κ3) is 5.67. The van der Waals surface area contributed by atoms with Crippen LogP contribution in [-0.4, -0.2) is 33.6 Å². The average Bonchev–Trinajstić information content (AvgIpc) is 3.10. The van der Waals surface area contributed by atoms with Gasteiger partial charge in [-0.15, -0.1) is 0 Å². The van der Waals surface area contributed by atoms with Crippen molar-refractivity contribution in [3.8, 4) is 5.69 Å². The zero-order valence-corrected chi connectivity index (χ0v) is 20.7. The van der Waals surface area contributed by atoms with E-state index in [9.17, 15) is 19.2 Å². The van der Waals surface area contributed by atoms with E-state index < -0.39 is 11.8 Å². The number of aryl methyl sites for hydroxylation is 1. The molecule has 0 saturated heterocycles. The second kappa shape index (κ2) is 10.8. The smallest absolute Gasteiger partial charge is 0.295 e. The molecule has 0 aliphatic rings. The number of carbonyl (C=O) groups excluding carboxylic acids is 3. The number of rotatable bonds is 7. The molecule has 0 atom stereocenters. The first kappa shape index (κ1) is 25.2. The van der Waals surface area contributed by atoms with E-state index in [4.69, 9.17) is 0 Å². The first-order chi connectivity index (χ1) is 17.7. The van der Waals surface area contributed by atoms with Gasteiger partial charge in [-0.25, -0.2) is 4.68 Å². The van der Waals surface area contributed by atoms with E-state index in [-0.39, 0.29) is 29.3 Å². The monoisotopic (exact) mass is 497 g/mol. The van der Waals surface area contributed by atoms with Gasteiger partial charge in [-0.1, -0.05) is 42.0 Å². The summed E-state index contributed by atoms with van der Waals surface area (Å²) in [5, 5.41) is 7.96. The van der Waals surface area contributed by atoms with Crippen molar-refractivity contribution in [1.82, 2.24) is 14.7 Å². The number of nitrogens with zero attached hydrogens (tertiary/aromatic N) is 2. The molecular weight excluding hydrogens is 470 g/mol. The van der Waals surface area contributed by atoms with Crippen LogP contribution in [0.3, 0.4) is 0 Å². The summed E-state index contributed by atoms with van der Waals surface area (Å²) < 4.78 is 3.15. The van der Waals surface area contributed by atoms with Gasteiger partial charge >= 0.3 is 0 Å². The van der Waals surface area contributed by atoms with Crippen molar-refractivity contribution in [1.29, 1.82) is 0 Å². The Kier molecular flexibility index (Phi) is 7.34. The average molecular weight is 498 g/mol. The van der Waals surface area contributed by atoms with Gasteiger partial charge in [-0.3, -0.25) is 23.9 Å². The molecule has 0 bridgehead atoms. The number of hydrogen-bond donors (Lipinski definition) is 3. The molecule has 3 aromatic carbocycles. The quantitative estimate of drug-likeness (QED) is 0.363. The van der Waals surface area contributed by atoms with E-state index in [2.05, 4.69) is 16.0 Å². The largest absolute Gasteiger partial charge is 0.343 e. The summed E-state index contributed by atoms with van der Waals surface area (Å²) in [6.07, 6.45) is 0. The maximum absolute atomic E-state index is 13.1. The summed E-state index contributed by atoms with van der Waals surface area (Å²) in [6, 6.07) is 22.5. The van der Waals surface area contributed by atoms with Gasteiger partial charge in [0.1, 0.15) is 5.69 Å². The molecule has 0 radical (unpaired) electrons. The second-order valence-corrected chi connectivity index (χ2v) is 8.57. The summed E-state index contributed by atoms with van der Waals surface area (Å²) in [5.74, 6) is -1.29. The fraction of sp³-hybridized carbons (Fsp3) is 0.143. The van der Waals surface area contributed by atoms with E-state index in [0.29, 0.717) is 22.6 Å². The van der Waals surface area contributed by atoms with Crippen molar-refractivity contribution in [2.75, 3.05) is 17.2 Å². The van der Waals surface area contributed by atoms with Crippen LogP contribution in [0.4, 0.5) is 11.4 Å². The normalized spacial score (nSPS) is 10.6. The van der Waals surface area contributed by atoms with Gasteiger partial charge in [0.2, 0.25) is 5.91 Å².